The van der Waals surface area contributed by atoms with Crippen molar-refractivity contribution in [3.63, 3.8) is 0 Å². The maximum atomic E-state index is 8.84. The SMILES string of the molecule is N#Cc1ccc2[nH]c3c(c2c1)=CCCN=3. The highest BCUT2D eigenvalue weighted by Crippen LogP contribution is 2.09. The third-order valence-electron chi connectivity index (χ3n) is 2.69. The maximum absolute atomic E-state index is 8.84. The molecule has 2 heterocycles. The Balaban J connectivity index is 2.52. The molecule has 1 N–H and O–H groups in total. The highest BCUT2D eigenvalue weighted by molar-refractivity contribution is 5.82. The quantitative estimate of drug-likeness (QED) is 0.665. The summed E-state index contributed by atoms with van der Waals surface area (Å²) in [5, 5.41) is 11.1. The molecule has 0 atom stereocenters. The molecule has 1 aromatic heterocycles. The summed E-state index contributed by atoms with van der Waals surface area (Å²) in [7, 11) is 0. The van der Waals surface area contributed by atoms with E-state index in [-0.39, 0.29) is 0 Å². The van der Waals surface area contributed by atoms with Crippen LogP contribution in [0.1, 0.15) is 12.0 Å². The van der Waals surface area contributed by atoms with E-state index in [0.29, 0.717) is 5.56 Å². The van der Waals surface area contributed by atoms with Crippen LogP contribution in [-0.2, 0) is 0 Å². The van der Waals surface area contributed by atoms with E-state index < -0.39 is 0 Å². The molecule has 2 aromatic rings. The second-order valence-electron chi connectivity index (χ2n) is 3.63. The summed E-state index contributed by atoms with van der Waals surface area (Å²) < 4.78 is 0. The van der Waals surface area contributed by atoms with Gasteiger partial charge in [-0.1, -0.05) is 6.08 Å². The Morgan fingerprint density at radius 1 is 1.40 bits per heavy atom. The van der Waals surface area contributed by atoms with Crippen molar-refractivity contribution >= 4 is 17.0 Å². The summed E-state index contributed by atoms with van der Waals surface area (Å²) in [6.07, 6.45) is 3.17. The summed E-state index contributed by atoms with van der Waals surface area (Å²) in [5.74, 6) is 0. The number of H-pyrrole nitrogens is 1. The average Bonchev–Trinajstić information content (AvgIpc) is 2.66. The predicted molar refractivity (Wildman–Crippen MR) is 57.7 cm³/mol. The average molecular weight is 195 g/mol. The second kappa shape index (κ2) is 2.96. The Hall–Kier alpha value is -2.08. The lowest BCUT2D eigenvalue weighted by Gasteiger charge is -1.93. The van der Waals surface area contributed by atoms with E-state index in [1.54, 1.807) is 0 Å². The molecule has 0 aliphatic carbocycles. The molecule has 0 radical (unpaired) electrons. The molecule has 0 saturated carbocycles. The lowest BCUT2D eigenvalue weighted by Crippen LogP contribution is -2.26. The molecule has 0 bridgehead atoms. The van der Waals surface area contributed by atoms with Crippen LogP contribution >= 0.6 is 0 Å². The number of fused-ring (bicyclic) bond motifs is 3. The summed E-state index contributed by atoms with van der Waals surface area (Å²) in [6, 6.07) is 7.84. The van der Waals surface area contributed by atoms with Crippen molar-refractivity contribution in [2.45, 2.75) is 6.42 Å². The fourth-order valence-corrected chi connectivity index (χ4v) is 1.98. The predicted octanol–water partition coefficient (Wildman–Crippen LogP) is 0.843. The third kappa shape index (κ3) is 1.15. The number of hydrogen-bond donors (Lipinski definition) is 1. The zero-order chi connectivity index (χ0) is 10.3. The van der Waals surface area contributed by atoms with Crippen molar-refractivity contribution < 1.29 is 0 Å². The fraction of sp³-hybridized carbons (Fsp3) is 0.167. The topological polar surface area (TPSA) is 51.9 Å². The minimum absolute atomic E-state index is 0.697. The van der Waals surface area contributed by atoms with Crippen molar-refractivity contribution in [3.8, 4) is 6.07 Å². The lowest BCUT2D eigenvalue weighted by molar-refractivity contribution is 0.940. The molecule has 0 spiro atoms. The first-order valence-corrected chi connectivity index (χ1v) is 4.95. The molecule has 0 saturated heterocycles. The van der Waals surface area contributed by atoms with Gasteiger partial charge in [-0.2, -0.15) is 5.26 Å². The van der Waals surface area contributed by atoms with Gasteiger partial charge < -0.3 is 4.98 Å². The molecule has 3 rings (SSSR count). The van der Waals surface area contributed by atoms with Gasteiger partial charge in [0.15, 0.2) is 0 Å². The van der Waals surface area contributed by atoms with Crippen LogP contribution < -0.4 is 10.7 Å². The molecule has 15 heavy (non-hydrogen) atoms. The Labute approximate surface area is 86.4 Å². The van der Waals surface area contributed by atoms with E-state index in [1.807, 2.05) is 18.2 Å². The van der Waals surface area contributed by atoms with E-state index in [1.165, 1.54) is 0 Å². The fourth-order valence-electron chi connectivity index (χ4n) is 1.98. The summed E-state index contributed by atoms with van der Waals surface area (Å²) >= 11 is 0. The Morgan fingerprint density at radius 3 is 3.20 bits per heavy atom. The number of nitrogens with one attached hydrogen (secondary N) is 1. The highest BCUT2D eigenvalue weighted by Gasteiger charge is 2.04. The van der Waals surface area contributed by atoms with Crippen molar-refractivity contribution in [3.05, 3.63) is 34.5 Å². The third-order valence-corrected chi connectivity index (χ3v) is 2.69. The molecule has 1 aliphatic heterocycles. The molecule has 3 nitrogen and oxygen atoms in total. The van der Waals surface area contributed by atoms with Gasteiger partial charge in [0.2, 0.25) is 0 Å². The number of aromatic amines is 1. The molecular weight excluding hydrogens is 186 g/mol. The molecule has 72 valence electrons. The van der Waals surface area contributed by atoms with Crippen molar-refractivity contribution in [2.24, 2.45) is 4.99 Å². The molecule has 0 fully saturated rings. The van der Waals surface area contributed by atoms with Gasteiger partial charge in [-0.05, 0) is 24.6 Å². The van der Waals surface area contributed by atoms with Gasteiger partial charge in [0.05, 0.1) is 11.6 Å². The van der Waals surface area contributed by atoms with E-state index in [2.05, 4.69) is 22.1 Å². The van der Waals surface area contributed by atoms with E-state index >= 15 is 0 Å². The van der Waals surface area contributed by atoms with Crippen molar-refractivity contribution in [2.75, 3.05) is 6.54 Å². The van der Waals surface area contributed by atoms with Crippen LogP contribution in [0.4, 0.5) is 0 Å². The van der Waals surface area contributed by atoms with Crippen LogP contribution in [-0.4, -0.2) is 11.5 Å². The lowest BCUT2D eigenvalue weighted by atomic mass is 10.1. The van der Waals surface area contributed by atoms with Crippen LogP contribution in [0, 0.1) is 11.3 Å². The molecule has 1 aliphatic rings. The van der Waals surface area contributed by atoms with Crippen LogP contribution in [0.2, 0.25) is 0 Å². The van der Waals surface area contributed by atoms with E-state index in [4.69, 9.17) is 5.26 Å². The molecule has 1 aromatic carbocycles. The molecule has 3 heteroatoms. The number of hydrogen-bond acceptors (Lipinski definition) is 2. The van der Waals surface area contributed by atoms with Crippen LogP contribution in [0.15, 0.2) is 23.2 Å². The summed E-state index contributed by atoms with van der Waals surface area (Å²) in [6.45, 7) is 0.852. The monoisotopic (exact) mass is 195 g/mol. The number of nitrogens with zero attached hydrogens (tertiary/aromatic N) is 2. The molecular formula is C12H9N3. The zero-order valence-corrected chi connectivity index (χ0v) is 8.12. The first kappa shape index (κ1) is 8.25. The number of nitriles is 1. The Kier molecular flexibility index (Phi) is 1.63. The van der Waals surface area contributed by atoms with E-state index in [0.717, 1.165) is 34.6 Å². The normalized spacial score (nSPS) is 13.8. The second-order valence-corrected chi connectivity index (χ2v) is 3.63. The highest BCUT2D eigenvalue weighted by atomic mass is 14.8. The van der Waals surface area contributed by atoms with Gasteiger partial charge in [-0.3, -0.25) is 4.99 Å². The summed E-state index contributed by atoms with van der Waals surface area (Å²) in [5.41, 5.74) is 2.70. The Bertz CT molecular complexity index is 686. The van der Waals surface area contributed by atoms with Crippen molar-refractivity contribution in [1.29, 1.82) is 5.26 Å². The van der Waals surface area contributed by atoms with E-state index in [9.17, 15) is 0 Å². The Morgan fingerprint density at radius 2 is 2.33 bits per heavy atom. The maximum Gasteiger partial charge on any atom is 0.133 e. The van der Waals surface area contributed by atoms with Gasteiger partial charge in [0.25, 0.3) is 0 Å². The van der Waals surface area contributed by atoms with Gasteiger partial charge >= 0.3 is 0 Å². The standard InChI is InChI=1S/C12H9N3/c13-7-8-3-4-11-10(6-8)9-2-1-5-14-12(9)15-11/h2-4,6H,1,5H2,(H,14,15). The minimum atomic E-state index is 0.697. The first-order chi connectivity index (χ1) is 7.38. The van der Waals surface area contributed by atoms with Crippen molar-refractivity contribution in [1.82, 2.24) is 4.98 Å². The number of aromatic nitrogens is 1. The first-order valence-electron chi connectivity index (χ1n) is 4.95. The van der Waals surface area contributed by atoms with Crippen LogP contribution in [0.3, 0.4) is 0 Å². The zero-order valence-electron chi connectivity index (χ0n) is 8.12. The molecule has 0 unspecified atom stereocenters. The number of benzene rings is 1. The van der Waals surface area contributed by atoms with Gasteiger partial charge in [0, 0.05) is 22.7 Å². The van der Waals surface area contributed by atoms with Gasteiger partial charge in [-0.15, -0.1) is 0 Å². The van der Waals surface area contributed by atoms with Crippen LogP contribution in [0.5, 0.6) is 0 Å². The van der Waals surface area contributed by atoms with Crippen LogP contribution in [0.25, 0.3) is 17.0 Å². The van der Waals surface area contributed by atoms with Gasteiger partial charge in [0.1, 0.15) is 5.49 Å². The largest absolute Gasteiger partial charge is 0.340 e. The summed E-state index contributed by atoms with van der Waals surface area (Å²) in [4.78, 5) is 7.68. The minimum Gasteiger partial charge on any atom is -0.340 e. The molecule has 0 amide bonds. The van der Waals surface area contributed by atoms with Gasteiger partial charge in [-0.25, -0.2) is 0 Å². The smallest absolute Gasteiger partial charge is 0.133 e. The number of rotatable bonds is 0.